The fraction of sp³-hybridized carbons (Fsp3) is 0.750. The lowest BCUT2D eigenvalue weighted by Crippen LogP contribution is -2.55. The van der Waals surface area contributed by atoms with Gasteiger partial charge in [0.1, 0.15) is 11.7 Å². The number of allylic oxidation sites excluding steroid dienone is 2. The molecule has 30 heavy (non-hydrogen) atoms. The van der Waals surface area contributed by atoms with Crippen LogP contribution in [0.3, 0.4) is 0 Å². The molecule has 0 aromatic carbocycles. The Morgan fingerprint density at radius 2 is 1.97 bits per heavy atom. The highest BCUT2D eigenvalue weighted by Gasteiger charge is 2.51. The van der Waals surface area contributed by atoms with Crippen molar-refractivity contribution in [3.8, 4) is 6.07 Å². The van der Waals surface area contributed by atoms with Crippen molar-refractivity contribution < 1.29 is 23.7 Å². The third kappa shape index (κ3) is 7.23. The molecule has 1 heterocycles. The number of nitriles is 1. The van der Waals surface area contributed by atoms with E-state index in [1.54, 1.807) is 20.3 Å². The van der Waals surface area contributed by atoms with E-state index in [1.807, 2.05) is 20.8 Å². The van der Waals surface area contributed by atoms with Gasteiger partial charge in [0.05, 0.1) is 12.7 Å². The molecule has 1 aliphatic rings. The number of hydrogen-bond acceptors (Lipinski definition) is 6. The smallest absolute Gasteiger partial charge is 0.302 e. The molecule has 0 spiro atoms. The van der Waals surface area contributed by atoms with Crippen LogP contribution >= 0.6 is 0 Å². The molecule has 1 aliphatic heterocycles. The van der Waals surface area contributed by atoms with Gasteiger partial charge < -0.3 is 18.9 Å². The number of rotatable bonds is 10. The third-order valence-electron chi connectivity index (χ3n) is 6.11. The highest BCUT2D eigenvalue weighted by Crippen LogP contribution is 2.42. The molecule has 0 saturated carbocycles. The number of methoxy groups -OCH3 is 2. The Bertz CT molecular complexity index is 655. The van der Waals surface area contributed by atoms with Crippen LogP contribution in [0.2, 0.25) is 0 Å². The SMILES string of the molecule is COC1(OC)CC/C(=C\C#N)CO[C@@]1(C)CCCC(C)C(CC=C(C)C)OC(C)=O. The van der Waals surface area contributed by atoms with E-state index in [-0.39, 0.29) is 18.0 Å². The Balaban J connectivity index is 2.86. The van der Waals surface area contributed by atoms with Crippen molar-refractivity contribution in [1.82, 2.24) is 0 Å². The van der Waals surface area contributed by atoms with Gasteiger partial charge in [0.15, 0.2) is 5.79 Å². The molecule has 1 fully saturated rings. The molecule has 6 nitrogen and oxygen atoms in total. The average Bonchev–Trinajstić information content (AvgIpc) is 2.82. The van der Waals surface area contributed by atoms with E-state index in [0.29, 0.717) is 19.4 Å². The minimum absolute atomic E-state index is 0.139. The van der Waals surface area contributed by atoms with E-state index in [0.717, 1.165) is 31.3 Å². The maximum absolute atomic E-state index is 11.5. The van der Waals surface area contributed by atoms with Crippen molar-refractivity contribution in [1.29, 1.82) is 5.26 Å². The molecular formula is C24H39NO5. The fourth-order valence-electron chi connectivity index (χ4n) is 4.12. The lowest BCUT2D eigenvalue weighted by atomic mass is 9.84. The summed E-state index contributed by atoms with van der Waals surface area (Å²) in [5.74, 6) is -0.909. The second-order valence-corrected chi connectivity index (χ2v) is 8.65. The maximum atomic E-state index is 11.5. The Morgan fingerprint density at radius 1 is 1.30 bits per heavy atom. The van der Waals surface area contributed by atoms with Crippen LogP contribution in [0.15, 0.2) is 23.3 Å². The minimum atomic E-state index is -0.876. The van der Waals surface area contributed by atoms with Crippen LogP contribution in [0.5, 0.6) is 0 Å². The summed E-state index contributed by atoms with van der Waals surface area (Å²) in [5, 5.41) is 9.00. The summed E-state index contributed by atoms with van der Waals surface area (Å²) in [7, 11) is 3.28. The van der Waals surface area contributed by atoms with E-state index in [1.165, 1.54) is 12.5 Å². The maximum Gasteiger partial charge on any atom is 0.302 e. The largest absolute Gasteiger partial charge is 0.462 e. The van der Waals surface area contributed by atoms with Gasteiger partial charge in [-0.15, -0.1) is 0 Å². The zero-order valence-corrected chi connectivity index (χ0v) is 19.7. The number of ether oxygens (including phenoxy) is 4. The number of carbonyl (C=O) groups excluding carboxylic acids is 1. The van der Waals surface area contributed by atoms with Gasteiger partial charge in [-0.1, -0.05) is 18.6 Å². The minimum Gasteiger partial charge on any atom is -0.462 e. The molecule has 1 saturated heterocycles. The Labute approximate surface area is 182 Å². The lowest BCUT2D eigenvalue weighted by molar-refractivity contribution is -0.307. The molecule has 0 aromatic rings. The summed E-state index contributed by atoms with van der Waals surface area (Å²) < 4.78 is 23.5. The zero-order valence-electron chi connectivity index (χ0n) is 19.7. The molecule has 0 aliphatic carbocycles. The Hall–Kier alpha value is -1.68. The molecular weight excluding hydrogens is 382 g/mol. The van der Waals surface area contributed by atoms with E-state index in [4.69, 9.17) is 24.2 Å². The second-order valence-electron chi connectivity index (χ2n) is 8.65. The van der Waals surface area contributed by atoms with Gasteiger partial charge in [0.25, 0.3) is 0 Å². The van der Waals surface area contributed by atoms with Crippen molar-refractivity contribution in [2.45, 2.75) is 90.6 Å². The van der Waals surface area contributed by atoms with Gasteiger partial charge in [-0.3, -0.25) is 4.79 Å². The van der Waals surface area contributed by atoms with Gasteiger partial charge >= 0.3 is 5.97 Å². The van der Waals surface area contributed by atoms with Crippen molar-refractivity contribution in [3.05, 3.63) is 23.3 Å². The van der Waals surface area contributed by atoms with Crippen molar-refractivity contribution >= 4 is 5.97 Å². The number of carbonyl (C=O) groups is 1. The van der Waals surface area contributed by atoms with Crippen LogP contribution < -0.4 is 0 Å². The summed E-state index contributed by atoms with van der Waals surface area (Å²) in [6.45, 7) is 10.1. The molecule has 1 rings (SSSR count). The summed E-state index contributed by atoms with van der Waals surface area (Å²) in [5.41, 5.74) is 1.51. The van der Waals surface area contributed by atoms with E-state index >= 15 is 0 Å². The zero-order chi connectivity index (χ0) is 22.8. The van der Waals surface area contributed by atoms with Gasteiger partial charge in [-0.2, -0.15) is 5.26 Å². The van der Waals surface area contributed by atoms with Crippen molar-refractivity contribution in [2.24, 2.45) is 5.92 Å². The standard InChI is InChI=1S/C24H39NO5/c1-18(2)10-11-22(30-20(4)26)19(3)9-8-14-23(5)24(27-6,28-7)15-12-21(13-16-25)17-29-23/h10,13,19,22H,8-9,11-12,14-15,17H2,1-7H3/b21-13+/t19?,22?,23-/m0/s1. The first-order chi connectivity index (χ1) is 14.1. The molecule has 3 atom stereocenters. The Kier molecular flexibility index (Phi) is 10.8. The highest BCUT2D eigenvalue weighted by molar-refractivity contribution is 5.66. The van der Waals surface area contributed by atoms with E-state index in [2.05, 4.69) is 19.1 Å². The normalized spacial score (nSPS) is 24.4. The average molecular weight is 422 g/mol. The predicted molar refractivity (Wildman–Crippen MR) is 117 cm³/mol. The molecule has 170 valence electrons. The second kappa shape index (κ2) is 12.2. The predicted octanol–water partition coefficient (Wildman–Crippen LogP) is 5.09. The molecule has 2 unspecified atom stereocenters. The summed E-state index contributed by atoms with van der Waals surface area (Å²) in [6, 6.07) is 2.09. The first-order valence-electron chi connectivity index (χ1n) is 10.8. The summed E-state index contributed by atoms with van der Waals surface area (Å²) in [4.78, 5) is 11.5. The molecule has 0 amide bonds. The first-order valence-corrected chi connectivity index (χ1v) is 10.8. The van der Waals surface area contributed by atoms with Gasteiger partial charge in [0.2, 0.25) is 0 Å². The van der Waals surface area contributed by atoms with Crippen LogP contribution in [-0.2, 0) is 23.7 Å². The molecule has 6 heteroatoms. The Morgan fingerprint density at radius 3 is 2.50 bits per heavy atom. The topological polar surface area (TPSA) is 77.8 Å². The van der Waals surface area contributed by atoms with E-state index in [9.17, 15) is 4.79 Å². The monoisotopic (exact) mass is 421 g/mol. The van der Waals surface area contributed by atoms with Crippen molar-refractivity contribution in [2.75, 3.05) is 20.8 Å². The quantitative estimate of drug-likeness (QED) is 0.212. The number of esters is 1. The van der Waals surface area contributed by atoms with Crippen molar-refractivity contribution in [3.63, 3.8) is 0 Å². The molecule has 0 radical (unpaired) electrons. The number of hydrogen-bond donors (Lipinski definition) is 0. The van der Waals surface area contributed by atoms with Gasteiger partial charge in [0, 0.05) is 40.1 Å². The third-order valence-corrected chi connectivity index (χ3v) is 6.11. The lowest BCUT2D eigenvalue weighted by Gasteiger charge is -2.45. The van der Waals surface area contributed by atoms with E-state index < -0.39 is 11.4 Å². The van der Waals surface area contributed by atoms with Crippen LogP contribution in [0.4, 0.5) is 0 Å². The highest BCUT2D eigenvalue weighted by atomic mass is 16.7. The van der Waals surface area contributed by atoms with Gasteiger partial charge in [-0.25, -0.2) is 0 Å². The molecule has 0 bridgehead atoms. The van der Waals surface area contributed by atoms with Crippen LogP contribution in [0.1, 0.15) is 73.1 Å². The van der Waals surface area contributed by atoms with Crippen LogP contribution in [0.25, 0.3) is 0 Å². The fourth-order valence-corrected chi connectivity index (χ4v) is 4.12. The van der Waals surface area contributed by atoms with Crippen LogP contribution in [0, 0.1) is 17.2 Å². The molecule has 0 N–H and O–H groups in total. The summed E-state index contributed by atoms with van der Waals surface area (Å²) in [6.07, 6.45) is 8.05. The van der Waals surface area contributed by atoms with Crippen LogP contribution in [-0.4, -0.2) is 44.3 Å². The molecule has 0 aromatic heterocycles. The summed E-state index contributed by atoms with van der Waals surface area (Å²) >= 11 is 0. The number of nitrogens with zero attached hydrogens (tertiary/aromatic N) is 1. The van der Waals surface area contributed by atoms with Gasteiger partial charge in [-0.05, 0) is 57.9 Å². The first kappa shape index (κ1) is 26.4.